The zero-order chi connectivity index (χ0) is 46.2. The van der Waals surface area contributed by atoms with Crippen LogP contribution in [0.5, 0.6) is 0 Å². The van der Waals surface area contributed by atoms with Crippen LogP contribution in [0.25, 0.3) is 0 Å². The first-order valence-electron chi connectivity index (χ1n) is 26.2. The lowest BCUT2D eigenvalue weighted by molar-refractivity contribution is -0.150. The van der Waals surface area contributed by atoms with Crippen molar-refractivity contribution in [1.82, 2.24) is 5.32 Å². The summed E-state index contributed by atoms with van der Waals surface area (Å²) in [7, 11) is 1.50. The fraction of sp³-hybridized carbons (Fsp3) is 0.925. The van der Waals surface area contributed by atoms with Gasteiger partial charge in [-0.1, -0.05) is 209 Å². The van der Waals surface area contributed by atoms with E-state index in [1.807, 2.05) is 34.6 Å². The molecule has 0 saturated heterocycles. The molecule has 364 valence electrons. The second-order valence-corrected chi connectivity index (χ2v) is 16.7. The van der Waals surface area contributed by atoms with Crippen molar-refractivity contribution in [3.63, 3.8) is 0 Å². The predicted octanol–water partition coefficient (Wildman–Crippen LogP) is 15.7. The SMILES string of the molecule is C=C(C)CN.CC.CC.CCC(C)C.CCCCCCCCOC(=O)CCCCCCCNCCCCCCCC(=O)OC1CCCCCCCCCCCCCC1.CN. The Hall–Kier alpha value is -1.44. The Morgan fingerprint density at radius 3 is 1.30 bits per heavy atom. The molecule has 0 aromatic heterocycles. The molecule has 5 N–H and O–H groups in total. The molecule has 0 bridgehead atoms. The van der Waals surface area contributed by atoms with Crippen molar-refractivity contribution in [2.75, 3.05) is 33.3 Å². The molecular weight excluding hydrogens is 743 g/mol. The predicted molar refractivity (Wildman–Crippen MR) is 269 cm³/mol. The van der Waals surface area contributed by atoms with Gasteiger partial charge in [-0.2, -0.15) is 0 Å². The number of ether oxygens (including phenoxy) is 2. The smallest absolute Gasteiger partial charge is 0.306 e. The minimum absolute atomic E-state index is 0.0117. The molecular formula is C53H113N3O4. The number of carbonyl (C=O) groups is 2. The van der Waals surface area contributed by atoms with Gasteiger partial charge in [0.05, 0.1) is 6.61 Å². The van der Waals surface area contributed by atoms with Crippen LogP contribution in [0.1, 0.15) is 274 Å². The molecule has 1 aliphatic rings. The van der Waals surface area contributed by atoms with Crippen molar-refractivity contribution in [3.05, 3.63) is 12.2 Å². The lowest BCUT2D eigenvalue weighted by Crippen LogP contribution is -2.18. The monoisotopic (exact) mass is 856 g/mol. The van der Waals surface area contributed by atoms with Crippen molar-refractivity contribution in [3.8, 4) is 0 Å². The fourth-order valence-corrected chi connectivity index (χ4v) is 6.38. The quantitative estimate of drug-likeness (QED) is 0.0451. The van der Waals surface area contributed by atoms with E-state index in [1.54, 1.807) is 0 Å². The first-order valence-corrected chi connectivity index (χ1v) is 26.2. The summed E-state index contributed by atoms with van der Waals surface area (Å²) in [6, 6.07) is 0. The van der Waals surface area contributed by atoms with Crippen LogP contribution in [-0.4, -0.2) is 51.3 Å². The third-order valence-corrected chi connectivity index (χ3v) is 10.5. The first kappa shape index (κ1) is 67.6. The van der Waals surface area contributed by atoms with E-state index in [0.29, 0.717) is 26.0 Å². The maximum Gasteiger partial charge on any atom is 0.306 e. The van der Waals surface area contributed by atoms with Gasteiger partial charge >= 0.3 is 11.9 Å². The Bertz CT molecular complexity index is 776. The largest absolute Gasteiger partial charge is 0.466 e. The number of carbonyl (C=O) groups excluding carboxylic acids is 2. The van der Waals surface area contributed by atoms with E-state index < -0.39 is 0 Å². The maximum absolute atomic E-state index is 12.5. The van der Waals surface area contributed by atoms with Gasteiger partial charge in [0.25, 0.3) is 0 Å². The van der Waals surface area contributed by atoms with Gasteiger partial charge in [0.2, 0.25) is 0 Å². The van der Waals surface area contributed by atoms with E-state index in [0.717, 1.165) is 69.5 Å². The summed E-state index contributed by atoms with van der Waals surface area (Å²) in [6.07, 6.45) is 39.7. The molecule has 1 fully saturated rings. The Morgan fingerprint density at radius 1 is 0.583 bits per heavy atom. The highest BCUT2D eigenvalue weighted by molar-refractivity contribution is 5.69. The highest BCUT2D eigenvalue weighted by atomic mass is 16.5. The van der Waals surface area contributed by atoms with Crippen LogP contribution in [0.15, 0.2) is 12.2 Å². The zero-order valence-electron chi connectivity index (χ0n) is 42.8. The second kappa shape index (κ2) is 64.2. The van der Waals surface area contributed by atoms with Crippen molar-refractivity contribution >= 4 is 11.9 Å². The molecule has 0 spiro atoms. The third kappa shape index (κ3) is 68.3. The van der Waals surface area contributed by atoms with E-state index in [1.165, 1.54) is 161 Å². The average Bonchev–Trinajstić information content (AvgIpc) is 3.28. The highest BCUT2D eigenvalue weighted by Gasteiger charge is 2.14. The van der Waals surface area contributed by atoms with E-state index in [-0.39, 0.29) is 18.0 Å². The topological polar surface area (TPSA) is 117 Å². The molecule has 0 aliphatic heterocycles. The zero-order valence-corrected chi connectivity index (χ0v) is 42.8. The van der Waals surface area contributed by atoms with Gasteiger partial charge in [-0.3, -0.25) is 9.59 Å². The lowest BCUT2D eigenvalue weighted by Gasteiger charge is -2.18. The summed E-state index contributed by atoms with van der Waals surface area (Å²) < 4.78 is 11.3. The molecule has 7 heteroatoms. The van der Waals surface area contributed by atoms with E-state index in [4.69, 9.17) is 15.2 Å². The van der Waals surface area contributed by atoms with Crippen LogP contribution in [0.3, 0.4) is 0 Å². The summed E-state index contributed by atoms with van der Waals surface area (Å²) in [4.78, 5) is 24.3. The van der Waals surface area contributed by atoms with Crippen LogP contribution in [0.2, 0.25) is 0 Å². The summed E-state index contributed by atoms with van der Waals surface area (Å²) in [5.41, 5.74) is 10.6. The Morgan fingerprint density at radius 2 is 0.917 bits per heavy atom. The maximum atomic E-state index is 12.5. The molecule has 60 heavy (non-hydrogen) atoms. The van der Waals surface area contributed by atoms with E-state index in [9.17, 15) is 9.59 Å². The van der Waals surface area contributed by atoms with E-state index in [2.05, 4.69) is 45.3 Å². The Labute approximate surface area is 378 Å². The first-order chi connectivity index (χ1) is 29.3. The molecule has 0 radical (unpaired) electrons. The van der Waals surface area contributed by atoms with Crippen LogP contribution in [0, 0.1) is 5.92 Å². The van der Waals surface area contributed by atoms with E-state index >= 15 is 0 Å². The van der Waals surface area contributed by atoms with Gasteiger partial charge in [0.15, 0.2) is 0 Å². The van der Waals surface area contributed by atoms with Crippen LogP contribution in [0.4, 0.5) is 0 Å². The highest BCUT2D eigenvalue weighted by Crippen LogP contribution is 2.20. The Balaban J connectivity index is -0.000000540. The fourth-order valence-electron chi connectivity index (χ4n) is 6.38. The molecule has 7 nitrogen and oxygen atoms in total. The average molecular weight is 857 g/mol. The molecule has 1 saturated carbocycles. The number of nitrogens with two attached hydrogens (primary N) is 2. The van der Waals surface area contributed by atoms with Gasteiger partial charge in [0, 0.05) is 19.4 Å². The minimum atomic E-state index is -0.0117. The standard InChI is InChI=1S/C39H75NO4.C5H12.C4H9N.2C2H6.CH5N/c1-2-3-4-5-22-29-36-43-38(41)32-25-18-14-20-27-34-40-35-28-21-15-19-26-33-39(42)44-37-30-23-16-12-10-8-6-7-9-11-13-17-24-31-37;1-4-5(2)3;1-4(2)3-5;3*1-2/h37,40H,2-36H2,1H3;5H,4H2,1-3H3;1,3,5H2,2H3;2*1-2H3;2H2,1H3. The molecule has 0 aromatic rings. The number of esters is 2. The summed E-state index contributed by atoms with van der Waals surface area (Å²) in [6.45, 7) is 25.7. The molecule has 0 atom stereocenters. The van der Waals surface area contributed by atoms with Gasteiger partial charge in [0.1, 0.15) is 6.10 Å². The molecule has 0 aromatic carbocycles. The van der Waals surface area contributed by atoms with Crippen LogP contribution >= 0.6 is 0 Å². The van der Waals surface area contributed by atoms with Crippen LogP contribution in [-0.2, 0) is 19.1 Å². The van der Waals surface area contributed by atoms with Gasteiger partial charge < -0.3 is 26.3 Å². The summed E-state index contributed by atoms with van der Waals surface area (Å²) in [5.74, 6) is 0.912. The van der Waals surface area contributed by atoms with Crippen molar-refractivity contribution < 1.29 is 19.1 Å². The van der Waals surface area contributed by atoms with Gasteiger partial charge in [-0.05, 0) is 90.8 Å². The number of rotatable bonds is 26. The number of nitrogens with one attached hydrogen (secondary N) is 1. The number of unbranched alkanes of at least 4 members (excludes halogenated alkanes) is 13. The summed E-state index contributed by atoms with van der Waals surface area (Å²) >= 11 is 0. The normalized spacial score (nSPS) is 13.6. The summed E-state index contributed by atoms with van der Waals surface area (Å²) in [5, 5.41) is 3.58. The lowest BCUT2D eigenvalue weighted by atomic mass is 10.0. The van der Waals surface area contributed by atoms with Gasteiger partial charge in [-0.25, -0.2) is 0 Å². The molecule has 1 aliphatic carbocycles. The minimum Gasteiger partial charge on any atom is -0.466 e. The number of hydrogen-bond acceptors (Lipinski definition) is 7. The second-order valence-electron chi connectivity index (χ2n) is 16.7. The van der Waals surface area contributed by atoms with Crippen molar-refractivity contribution in [2.45, 2.75) is 280 Å². The van der Waals surface area contributed by atoms with Crippen molar-refractivity contribution in [1.29, 1.82) is 0 Å². The number of hydrogen-bond donors (Lipinski definition) is 3. The molecule has 1 rings (SSSR count). The van der Waals surface area contributed by atoms with Gasteiger partial charge in [-0.15, -0.1) is 0 Å². The van der Waals surface area contributed by atoms with Crippen LogP contribution < -0.4 is 16.8 Å². The Kier molecular flexibility index (Phi) is 72.4. The van der Waals surface area contributed by atoms with Crippen molar-refractivity contribution in [2.24, 2.45) is 17.4 Å². The molecule has 0 unspecified atom stereocenters. The molecule has 0 heterocycles. The third-order valence-electron chi connectivity index (χ3n) is 10.5. The molecule has 0 amide bonds.